The van der Waals surface area contributed by atoms with Gasteiger partial charge < -0.3 is 14.5 Å². The Morgan fingerprint density at radius 2 is 1.58 bits per heavy atom. The monoisotopic (exact) mass is 619 g/mol. The van der Waals surface area contributed by atoms with Gasteiger partial charge in [-0.1, -0.05) is 30.3 Å². The molecular weight excluding hydrogens is 586 g/mol. The van der Waals surface area contributed by atoms with Crippen LogP contribution < -0.4 is 9.64 Å². The third kappa shape index (κ3) is 6.80. The predicted octanol–water partition coefficient (Wildman–Crippen LogP) is 5.46. The van der Waals surface area contributed by atoms with Crippen molar-refractivity contribution in [2.75, 3.05) is 51.3 Å². The van der Waals surface area contributed by atoms with Gasteiger partial charge in [0.1, 0.15) is 11.6 Å². The molecule has 0 spiro atoms. The summed E-state index contributed by atoms with van der Waals surface area (Å²) in [4.78, 5) is 16.3. The maximum Gasteiger partial charge on any atom is 0.417 e. The fourth-order valence-corrected chi connectivity index (χ4v) is 7.28. The minimum absolute atomic E-state index is 0.0859. The highest BCUT2D eigenvalue weighted by atomic mass is 32.2. The first-order chi connectivity index (χ1) is 20.5. The Bertz CT molecular complexity index is 1550. The van der Waals surface area contributed by atoms with Crippen LogP contribution in [0.25, 0.3) is 0 Å². The molecule has 1 amide bonds. The molecule has 0 unspecified atom stereocenters. The molecule has 0 aliphatic carbocycles. The number of benzene rings is 3. The Morgan fingerprint density at radius 3 is 2.21 bits per heavy atom. The Balaban J connectivity index is 1.27. The summed E-state index contributed by atoms with van der Waals surface area (Å²) in [7, 11) is -2.31. The number of sulfonamides is 1. The third-order valence-corrected chi connectivity index (χ3v) is 10.0. The van der Waals surface area contributed by atoms with Gasteiger partial charge in [0.25, 0.3) is 5.91 Å². The quantitative estimate of drug-likeness (QED) is 0.329. The van der Waals surface area contributed by atoms with Gasteiger partial charge in [-0.3, -0.25) is 4.79 Å². The van der Waals surface area contributed by atoms with E-state index in [0.717, 1.165) is 31.4 Å². The van der Waals surface area contributed by atoms with E-state index in [9.17, 15) is 30.8 Å². The van der Waals surface area contributed by atoms with E-state index in [-0.39, 0.29) is 31.1 Å². The zero-order chi connectivity index (χ0) is 30.8. The molecule has 0 atom stereocenters. The van der Waals surface area contributed by atoms with Crippen molar-refractivity contribution >= 4 is 21.6 Å². The lowest BCUT2D eigenvalue weighted by atomic mass is 9.91. The van der Waals surface area contributed by atoms with E-state index in [1.807, 2.05) is 23.1 Å². The number of alkyl halides is 3. The molecule has 3 aromatic carbocycles. The van der Waals surface area contributed by atoms with Gasteiger partial charge in [-0.05, 0) is 67.1 Å². The summed E-state index contributed by atoms with van der Waals surface area (Å²) in [5.74, 6) is -1.07. The highest BCUT2D eigenvalue weighted by Gasteiger charge is 2.37. The minimum atomic E-state index is -4.88. The van der Waals surface area contributed by atoms with Crippen molar-refractivity contribution in [2.45, 2.75) is 30.3 Å². The van der Waals surface area contributed by atoms with Gasteiger partial charge in [-0.2, -0.15) is 17.5 Å². The van der Waals surface area contributed by atoms with E-state index < -0.39 is 39.1 Å². The maximum absolute atomic E-state index is 13.6. The number of carbonyl (C=O) groups is 1. The van der Waals surface area contributed by atoms with Crippen LogP contribution in [0.15, 0.2) is 71.6 Å². The molecule has 2 fully saturated rings. The van der Waals surface area contributed by atoms with E-state index in [0.29, 0.717) is 36.5 Å². The Labute approximate surface area is 248 Å². The SMILES string of the molecule is COc1ccc(S(=O)(=O)N2CCC(Cc3ccccc3)CC2)cc1N1CCN(C(=O)c2ccc(F)cc2C(F)(F)F)CC1. The smallest absolute Gasteiger partial charge is 0.417 e. The molecule has 43 heavy (non-hydrogen) atoms. The van der Waals surface area contributed by atoms with Gasteiger partial charge in [0.2, 0.25) is 10.0 Å². The number of halogens is 4. The summed E-state index contributed by atoms with van der Waals surface area (Å²) in [5, 5.41) is 0. The molecule has 2 heterocycles. The zero-order valence-corrected chi connectivity index (χ0v) is 24.5. The van der Waals surface area contributed by atoms with Gasteiger partial charge in [-0.15, -0.1) is 0 Å². The molecule has 12 heteroatoms. The summed E-state index contributed by atoms with van der Waals surface area (Å²) in [5.41, 5.74) is -0.166. The first kappa shape index (κ1) is 30.8. The molecular formula is C31H33F4N3O4S. The van der Waals surface area contributed by atoms with Crippen molar-refractivity contribution in [3.05, 3.63) is 89.2 Å². The number of carbonyl (C=O) groups excluding carboxylic acids is 1. The summed E-state index contributed by atoms with van der Waals surface area (Å²) in [6.07, 6.45) is -2.45. The number of piperidine rings is 1. The molecule has 0 saturated carbocycles. The van der Waals surface area contributed by atoms with Gasteiger partial charge in [-0.25, -0.2) is 12.8 Å². The fourth-order valence-electron chi connectivity index (χ4n) is 5.79. The van der Waals surface area contributed by atoms with Gasteiger partial charge in [0.15, 0.2) is 0 Å². The number of hydrogen-bond acceptors (Lipinski definition) is 5. The van der Waals surface area contributed by atoms with Crippen LogP contribution in [-0.4, -0.2) is 69.9 Å². The maximum atomic E-state index is 13.6. The number of anilines is 1. The topological polar surface area (TPSA) is 70.2 Å². The molecule has 2 saturated heterocycles. The first-order valence-corrected chi connectivity index (χ1v) is 15.5. The van der Waals surface area contributed by atoms with E-state index >= 15 is 0 Å². The van der Waals surface area contributed by atoms with Crippen LogP contribution in [0.5, 0.6) is 5.75 Å². The number of piperazine rings is 1. The first-order valence-electron chi connectivity index (χ1n) is 14.1. The number of amides is 1. The lowest BCUT2D eigenvalue weighted by Crippen LogP contribution is -2.49. The minimum Gasteiger partial charge on any atom is -0.495 e. The number of ether oxygens (including phenoxy) is 1. The summed E-state index contributed by atoms with van der Waals surface area (Å²) >= 11 is 0. The van der Waals surface area contributed by atoms with Gasteiger partial charge in [0.05, 0.1) is 28.8 Å². The molecule has 5 rings (SSSR count). The standard InChI is InChI=1S/C31H33F4N3O4S/c1-42-29-10-8-25(43(40,41)38-13-11-23(12-14-38)19-22-5-3-2-4-6-22)21-28(29)36-15-17-37(18-16-36)30(39)26-9-7-24(32)20-27(26)31(33,34)35/h2-10,20-21,23H,11-19H2,1H3. The van der Waals surface area contributed by atoms with E-state index in [2.05, 4.69) is 12.1 Å². The van der Waals surface area contributed by atoms with Crippen molar-refractivity contribution in [1.82, 2.24) is 9.21 Å². The van der Waals surface area contributed by atoms with E-state index in [1.165, 1.54) is 27.9 Å². The average molecular weight is 620 g/mol. The molecule has 0 N–H and O–H groups in total. The van der Waals surface area contributed by atoms with Gasteiger partial charge in [0, 0.05) is 39.3 Å². The highest BCUT2D eigenvalue weighted by molar-refractivity contribution is 7.89. The molecule has 0 aromatic heterocycles. The molecule has 2 aliphatic rings. The van der Waals surface area contributed by atoms with Crippen LogP contribution >= 0.6 is 0 Å². The van der Waals surface area contributed by atoms with Crippen LogP contribution in [0.1, 0.15) is 34.3 Å². The van der Waals surface area contributed by atoms with E-state index in [4.69, 9.17) is 4.74 Å². The second-order valence-electron chi connectivity index (χ2n) is 10.8. The molecule has 0 bridgehead atoms. The Kier molecular flexibility index (Phi) is 8.98. The zero-order valence-electron chi connectivity index (χ0n) is 23.7. The van der Waals surface area contributed by atoms with Crippen molar-refractivity contribution in [1.29, 1.82) is 0 Å². The molecule has 2 aliphatic heterocycles. The van der Waals surface area contributed by atoms with E-state index in [1.54, 1.807) is 12.1 Å². The molecule has 230 valence electrons. The average Bonchev–Trinajstić information content (AvgIpc) is 3.01. The number of hydrogen-bond donors (Lipinski definition) is 0. The largest absolute Gasteiger partial charge is 0.495 e. The second kappa shape index (κ2) is 12.5. The molecule has 7 nitrogen and oxygen atoms in total. The Hall–Kier alpha value is -3.64. The van der Waals surface area contributed by atoms with Crippen LogP contribution in [0.2, 0.25) is 0 Å². The lowest BCUT2D eigenvalue weighted by molar-refractivity contribution is -0.138. The number of methoxy groups -OCH3 is 1. The van der Waals surface area contributed by atoms with Crippen LogP contribution in [0.4, 0.5) is 23.2 Å². The summed E-state index contributed by atoms with van der Waals surface area (Å²) < 4.78 is 88.2. The predicted molar refractivity (Wildman–Crippen MR) is 154 cm³/mol. The van der Waals surface area contributed by atoms with Crippen molar-refractivity contribution in [2.24, 2.45) is 5.92 Å². The number of nitrogens with zero attached hydrogens (tertiary/aromatic N) is 3. The van der Waals surface area contributed by atoms with Crippen molar-refractivity contribution < 1.29 is 35.5 Å². The van der Waals surface area contributed by atoms with Crippen LogP contribution in [0, 0.1) is 11.7 Å². The lowest BCUT2D eigenvalue weighted by Gasteiger charge is -2.37. The fraction of sp³-hybridized carbons (Fsp3) is 0.387. The summed E-state index contributed by atoms with van der Waals surface area (Å²) in [6.45, 7) is 1.49. The normalized spacial score (nSPS) is 17.2. The van der Waals surface area contributed by atoms with Crippen LogP contribution in [0.3, 0.4) is 0 Å². The highest BCUT2D eigenvalue weighted by Crippen LogP contribution is 2.36. The van der Waals surface area contributed by atoms with Gasteiger partial charge >= 0.3 is 6.18 Å². The van der Waals surface area contributed by atoms with Crippen LogP contribution in [-0.2, 0) is 22.6 Å². The number of rotatable bonds is 7. The summed E-state index contributed by atoms with van der Waals surface area (Å²) in [6, 6.07) is 16.8. The molecule has 3 aromatic rings. The third-order valence-electron chi connectivity index (χ3n) is 8.15. The van der Waals surface area contributed by atoms with Crippen molar-refractivity contribution in [3.8, 4) is 5.75 Å². The Morgan fingerprint density at radius 1 is 0.907 bits per heavy atom. The molecule has 0 radical (unpaired) electrons. The van der Waals surface area contributed by atoms with Crippen molar-refractivity contribution in [3.63, 3.8) is 0 Å². The second-order valence-corrected chi connectivity index (χ2v) is 12.8.